The number of halogens is 1. The van der Waals surface area contributed by atoms with Crippen molar-refractivity contribution >= 4 is 17.5 Å². The van der Waals surface area contributed by atoms with Gasteiger partial charge in [-0.05, 0) is 44.1 Å². The molecule has 1 unspecified atom stereocenters. The number of rotatable bonds is 8. The van der Waals surface area contributed by atoms with Crippen LogP contribution in [0.1, 0.15) is 32.8 Å². The lowest BCUT2D eigenvalue weighted by Crippen LogP contribution is -2.42. The van der Waals surface area contributed by atoms with Crippen LogP contribution in [0.3, 0.4) is 0 Å². The Morgan fingerprint density at radius 1 is 1.35 bits per heavy atom. The Bertz CT molecular complexity index is 419. The second-order valence-electron chi connectivity index (χ2n) is 5.00. The van der Waals surface area contributed by atoms with Gasteiger partial charge >= 0.3 is 0 Å². The van der Waals surface area contributed by atoms with E-state index in [9.17, 15) is 4.79 Å². The van der Waals surface area contributed by atoms with Gasteiger partial charge in [-0.1, -0.05) is 37.6 Å². The Labute approximate surface area is 127 Å². The quantitative estimate of drug-likeness (QED) is 0.799. The molecule has 0 aliphatic rings. The molecular weight excluding hydrogens is 272 g/mol. The predicted octanol–water partition coefficient (Wildman–Crippen LogP) is 3.12. The van der Waals surface area contributed by atoms with Crippen LogP contribution in [0, 0.1) is 0 Å². The molecule has 0 aliphatic heterocycles. The number of nitrogens with one attached hydrogen (secondary N) is 1. The van der Waals surface area contributed by atoms with Crippen molar-refractivity contribution in [3.05, 3.63) is 34.9 Å². The van der Waals surface area contributed by atoms with Crippen LogP contribution in [0.15, 0.2) is 24.3 Å². The molecule has 0 spiro atoms. The van der Waals surface area contributed by atoms with Crippen molar-refractivity contribution in [1.29, 1.82) is 0 Å². The average Bonchev–Trinajstić information content (AvgIpc) is 2.44. The molecule has 1 aromatic carbocycles. The minimum absolute atomic E-state index is 0.101. The van der Waals surface area contributed by atoms with Crippen LogP contribution >= 0.6 is 11.6 Å². The van der Waals surface area contributed by atoms with Crippen molar-refractivity contribution in [3.8, 4) is 0 Å². The van der Waals surface area contributed by atoms with Crippen LogP contribution < -0.4 is 5.32 Å². The van der Waals surface area contributed by atoms with Gasteiger partial charge in [0.05, 0.1) is 0 Å². The highest BCUT2D eigenvalue weighted by Gasteiger charge is 2.11. The number of hydrogen-bond donors (Lipinski definition) is 1. The third kappa shape index (κ3) is 5.93. The maximum absolute atomic E-state index is 11.8. The molecule has 0 aromatic heterocycles. The summed E-state index contributed by atoms with van der Waals surface area (Å²) >= 11 is 5.92. The third-order valence-electron chi connectivity index (χ3n) is 3.56. The minimum Gasteiger partial charge on any atom is -0.355 e. The van der Waals surface area contributed by atoms with Crippen LogP contribution in [0.5, 0.6) is 0 Å². The predicted molar refractivity (Wildman–Crippen MR) is 85.2 cm³/mol. The number of hydrogen-bond acceptors (Lipinski definition) is 2. The molecule has 0 aliphatic carbocycles. The van der Waals surface area contributed by atoms with E-state index in [1.54, 1.807) is 0 Å². The lowest BCUT2D eigenvalue weighted by Gasteiger charge is -2.26. The van der Waals surface area contributed by atoms with Gasteiger partial charge in [0.25, 0.3) is 0 Å². The zero-order valence-corrected chi connectivity index (χ0v) is 13.4. The molecule has 3 nitrogen and oxygen atoms in total. The van der Waals surface area contributed by atoms with Gasteiger partial charge in [0.2, 0.25) is 5.91 Å². The fourth-order valence-electron chi connectivity index (χ4n) is 2.28. The van der Waals surface area contributed by atoms with E-state index in [-0.39, 0.29) is 5.91 Å². The summed E-state index contributed by atoms with van der Waals surface area (Å²) in [5.74, 6) is 0.101. The summed E-state index contributed by atoms with van der Waals surface area (Å²) in [4.78, 5) is 14.2. The second kappa shape index (κ2) is 8.98. The van der Waals surface area contributed by atoms with E-state index in [0.717, 1.165) is 30.1 Å². The fraction of sp³-hybridized carbons (Fsp3) is 0.562. The normalized spacial score (nSPS) is 12.4. The highest BCUT2D eigenvalue weighted by atomic mass is 35.5. The van der Waals surface area contributed by atoms with Crippen LogP contribution in [-0.4, -0.2) is 36.5 Å². The lowest BCUT2D eigenvalue weighted by atomic mass is 10.1. The molecule has 1 N–H and O–H groups in total. The molecule has 4 heteroatoms. The molecule has 0 fully saturated rings. The first kappa shape index (κ1) is 17.0. The zero-order chi connectivity index (χ0) is 15.0. The number of carbonyl (C=O) groups is 1. The fourth-order valence-corrected chi connectivity index (χ4v) is 2.49. The van der Waals surface area contributed by atoms with Gasteiger partial charge in [0.15, 0.2) is 0 Å². The molecule has 1 atom stereocenters. The highest BCUT2D eigenvalue weighted by molar-refractivity contribution is 6.30. The third-order valence-corrected chi connectivity index (χ3v) is 3.80. The lowest BCUT2D eigenvalue weighted by molar-refractivity contribution is -0.121. The van der Waals surface area contributed by atoms with Gasteiger partial charge in [-0.15, -0.1) is 0 Å². The summed E-state index contributed by atoms with van der Waals surface area (Å²) in [5.41, 5.74) is 1.10. The minimum atomic E-state index is 0.101. The summed E-state index contributed by atoms with van der Waals surface area (Å²) in [6.45, 7) is 9.15. The average molecular weight is 297 g/mol. The number of benzene rings is 1. The summed E-state index contributed by atoms with van der Waals surface area (Å²) in [6.07, 6.45) is 1.23. The van der Waals surface area contributed by atoms with Gasteiger partial charge < -0.3 is 5.32 Å². The van der Waals surface area contributed by atoms with E-state index in [1.807, 2.05) is 24.3 Å². The highest BCUT2D eigenvalue weighted by Crippen LogP contribution is 2.12. The summed E-state index contributed by atoms with van der Waals surface area (Å²) < 4.78 is 0. The Hall–Kier alpha value is -1.06. The van der Waals surface area contributed by atoms with E-state index >= 15 is 0 Å². The van der Waals surface area contributed by atoms with Gasteiger partial charge in [-0.2, -0.15) is 0 Å². The summed E-state index contributed by atoms with van der Waals surface area (Å²) in [7, 11) is 0. The van der Waals surface area contributed by atoms with E-state index in [1.165, 1.54) is 0 Å². The van der Waals surface area contributed by atoms with Gasteiger partial charge in [0.1, 0.15) is 0 Å². The van der Waals surface area contributed by atoms with Crippen LogP contribution in [-0.2, 0) is 11.2 Å². The number of carbonyl (C=O) groups excluding carboxylic acids is 1. The number of aryl methyl sites for hydroxylation is 1. The monoisotopic (exact) mass is 296 g/mol. The first-order valence-electron chi connectivity index (χ1n) is 7.32. The van der Waals surface area contributed by atoms with Crippen molar-refractivity contribution in [2.75, 3.05) is 19.6 Å². The molecule has 1 aromatic rings. The number of nitrogens with zero attached hydrogens (tertiary/aromatic N) is 1. The molecule has 112 valence electrons. The SMILES string of the molecule is CCN(CC)C(C)CNC(=O)CCc1cccc(Cl)c1. The molecule has 0 bridgehead atoms. The van der Waals surface area contributed by atoms with Crippen LogP contribution in [0.4, 0.5) is 0 Å². The molecule has 0 saturated heterocycles. The Kier molecular flexibility index (Phi) is 7.63. The molecule has 1 rings (SSSR count). The van der Waals surface area contributed by atoms with Gasteiger partial charge in [-0.3, -0.25) is 9.69 Å². The van der Waals surface area contributed by atoms with Gasteiger partial charge in [-0.25, -0.2) is 0 Å². The zero-order valence-electron chi connectivity index (χ0n) is 12.7. The first-order chi connectivity index (χ1) is 9.56. The molecule has 0 saturated carbocycles. The largest absolute Gasteiger partial charge is 0.355 e. The Morgan fingerprint density at radius 2 is 2.05 bits per heavy atom. The van der Waals surface area contributed by atoms with Gasteiger partial charge in [0, 0.05) is 24.0 Å². The summed E-state index contributed by atoms with van der Waals surface area (Å²) in [6, 6.07) is 8.04. The Balaban J connectivity index is 2.30. The standard InChI is InChI=1S/C16H25ClN2O/c1-4-19(5-2)13(3)12-18-16(20)10-9-14-7-6-8-15(17)11-14/h6-8,11,13H,4-5,9-10,12H2,1-3H3,(H,18,20). The number of amides is 1. The van der Waals surface area contributed by atoms with E-state index in [0.29, 0.717) is 19.0 Å². The smallest absolute Gasteiger partial charge is 0.220 e. The molecule has 0 heterocycles. The van der Waals surface area contributed by atoms with Crippen LogP contribution in [0.2, 0.25) is 5.02 Å². The van der Waals surface area contributed by atoms with Crippen molar-refractivity contribution in [1.82, 2.24) is 10.2 Å². The van der Waals surface area contributed by atoms with Crippen molar-refractivity contribution in [2.24, 2.45) is 0 Å². The topological polar surface area (TPSA) is 32.3 Å². The van der Waals surface area contributed by atoms with Crippen molar-refractivity contribution in [2.45, 2.75) is 39.7 Å². The van der Waals surface area contributed by atoms with Crippen molar-refractivity contribution in [3.63, 3.8) is 0 Å². The maximum atomic E-state index is 11.8. The Morgan fingerprint density at radius 3 is 2.65 bits per heavy atom. The second-order valence-corrected chi connectivity index (χ2v) is 5.44. The maximum Gasteiger partial charge on any atom is 0.220 e. The molecule has 0 radical (unpaired) electrons. The first-order valence-corrected chi connectivity index (χ1v) is 7.69. The molecule has 1 amide bonds. The van der Waals surface area contributed by atoms with Crippen molar-refractivity contribution < 1.29 is 4.79 Å². The van der Waals surface area contributed by atoms with Crippen LogP contribution in [0.25, 0.3) is 0 Å². The number of likely N-dealkylation sites (N-methyl/N-ethyl adjacent to an activating group) is 1. The van der Waals surface area contributed by atoms with E-state index in [4.69, 9.17) is 11.6 Å². The molecule has 20 heavy (non-hydrogen) atoms. The summed E-state index contributed by atoms with van der Waals surface area (Å²) in [5, 5.41) is 3.72. The molecular formula is C16H25ClN2O. The van der Waals surface area contributed by atoms with E-state index < -0.39 is 0 Å². The van der Waals surface area contributed by atoms with E-state index in [2.05, 4.69) is 31.0 Å².